The highest BCUT2D eigenvalue weighted by atomic mass is 16.3. The van der Waals surface area contributed by atoms with Crippen molar-refractivity contribution in [2.45, 2.75) is 0 Å². The first-order valence-corrected chi connectivity index (χ1v) is 9.53. The lowest BCUT2D eigenvalue weighted by Gasteiger charge is -2.30. The molecule has 0 unspecified atom stereocenters. The number of nitrogens with zero attached hydrogens (tertiary/aromatic N) is 4. The summed E-state index contributed by atoms with van der Waals surface area (Å²) in [6, 6.07) is 11.3. The summed E-state index contributed by atoms with van der Waals surface area (Å²) in [4.78, 5) is 19.2. The molecule has 0 radical (unpaired) electrons. The van der Waals surface area contributed by atoms with E-state index in [1.165, 1.54) is 0 Å². The lowest BCUT2D eigenvalue weighted by Crippen LogP contribution is -2.43. The molecular weight excluding hydrogens is 368 g/mol. The molecule has 1 aliphatic rings. The number of hydrogen-bond donors (Lipinski definition) is 2. The third-order valence-corrected chi connectivity index (χ3v) is 5.03. The number of hydrogen-bond acceptors (Lipinski definition) is 6. The standard InChI is InChI=1S/C21H20N6O2/c28-21(24-17-13-23-7-5-18(17)26-11-8-22-9-12-26)16-6-10-27(25-16)19-14-29-20-4-2-1-3-15(19)20/h1-7,10,13-14,22H,8-9,11-12H2,(H,24,28). The van der Waals surface area contributed by atoms with Gasteiger partial charge in [-0.15, -0.1) is 0 Å². The molecule has 8 heteroatoms. The van der Waals surface area contributed by atoms with E-state index in [1.54, 1.807) is 35.6 Å². The Hall–Kier alpha value is -3.65. The van der Waals surface area contributed by atoms with Gasteiger partial charge in [0.2, 0.25) is 0 Å². The molecule has 4 aromatic rings. The van der Waals surface area contributed by atoms with Gasteiger partial charge in [-0.05, 0) is 24.3 Å². The Morgan fingerprint density at radius 3 is 2.86 bits per heavy atom. The quantitative estimate of drug-likeness (QED) is 0.559. The third-order valence-electron chi connectivity index (χ3n) is 5.03. The lowest BCUT2D eigenvalue weighted by molar-refractivity contribution is 0.102. The Bertz CT molecular complexity index is 1160. The number of pyridine rings is 1. The minimum atomic E-state index is -0.277. The first-order chi connectivity index (χ1) is 14.3. The molecule has 1 aromatic carbocycles. The van der Waals surface area contributed by atoms with Crippen molar-refractivity contribution < 1.29 is 9.21 Å². The number of para-hydroxylation sites is 1. The molecule has 3 aromatic heterocycles. The maximum absolute atomic E-state index is 12.8. The molecule has 1 amide bonds. The number of carbonyl (C=O) groups is 1. The summed E-state index contributed by atoms with van der Waals surface area (Å²) in [5.41, 5.74) is 3.55. The Kier molecular flexibility index (Phi) is 4.45. The first-order valence-electron chi connectivity index (χ1n) is 9.53. The van der Waals surface area contributed by atoms with E-state index >= 15 is 0 Å². The van der Waals surface area contributed by atoms with Gasteiger partial charge in [-0.1, -0.05) is 12.1 Å². The van der Waals surface area contributed by atoms with Gasteiger partial charge in [-0.3, -0.25) is 9.78 Å². The van der Waals surface area contributed by atoms with Crippen LogP contribution in [-0.4, -0.2) is 46.9 Å². The number of amides is 1. The zero-order valence-electron chi connectivity index (χ0n) is 15.7. The van der Waals surface area contributed by atoms with Gasteiger partial charge < -0.3 is 20.0 Å². The van der Waals surface area contributed by atoms with Crippen molar-refractivity contribution in [3.05, 3.63) is 66.9 Å². The van der Waals surface area contributed by atoms with Crippen LogP contribution >= 0.6 is 0 Å². The van der Waals surface area contributed by atoms with Crippen molar-refractivity contribution in [2.24, 2.45) is 0 Å². The van der Waals surface area contributed by atoms with E-state index in [1.807, 2.05) is 30.3 Å². The summed E-state index contributed by atoms with van der Waals surface area (Å²) in [6.07, 6.45) is 6.82. The van der Waals surface area contributed by atoms with Crippen LogP contribution in [-0.2, 0) is 0 Å². The van der Waals surface area contributed by atoms with Gasteiger partial charge in [0.25, 0.3) is 5.91 Å². The van der Waals surface area contributed by atoms with Crippen LogP contribution in [0.2, 0.25) is 0 Å². The Morgan fingerprint density at radius 2 is 1.97 bits per heavy atom. The van der Waals surface area contributed by atoms with Crippen LogP contribution in [0.1, 0.15) is 10.5 Å². The predicted octanol–water partition coefficient (Wildman–Crippen LogP) is 2.68. The van der Waals surface area contributed by atoms with Gasteiger partial charge in [0.1, 0.15) is 17.5 Å². The molecule has 146 valence electrons. The van der Waals surface area contributed by atoms with Crippen molar-refractivity contribution in [2.75, 3.05) is 36.4 Å². The van der Waals surface area contributed by atoms with Crippen molar-refractivity contribution in [1.82, 2.24) is 20.1 Å². The Balaban J connectivity index is 1.39. The number of rotatable bonds is 4. The molecule has 1 fully saturated rings. The van der Waals surface area contributed by atoms with E-state index in [-0.39, 0.29) is 5.91 Å². The molecule has 5 rings (SSSR count). The van der Waals surface area contributed by atoms with Crippen LogP contribution in [0.5, 0.6) is 0 Å². The van der Waals surface area contributed by atoms with Crippen LogP contribution in [0, 0.1) is 0 Å². The number of furan rings is 1. The molecule has 0 bridgehead atoms. The van der Waals surface area contributed by atoms with Crippen molar-refractivity contribution in [3.63, 3.8) is 0 Å². The summed E-state index contributed by atoms with van der Waals surface area (Å²) in [6.45, 7) is 3.60. The zero-order chi connectivity index (χ0) is 19.6. The molecule has 1 aliphatic heterocycles. The fraction of sp³-hybridized carbons (Fsp3) is 0.190. The highest BCUT2D eigenvalue weighted by Crippen LogP contribution is 2.26. The highest BCUT2D eigenvalue weighted by Gasteiger charge is 2.18. The van der Waals surface area contributed by atoms with Crippen molar-refractivity contribution in [1.29, 1.82) is 0 Å². The average Bonchev–Trinajstić information content (AvgIpc) is 3.42. The van der Waals surface area contributed by atoms with Gasteiger partial charge in [0.15, 0.2) is 5.69 Å². The highest BCUT2D eigenvalue weighted by molar-refractivity contribution is 6.04. The topological polar surface area (TPSA) is 88.2 Å². The fourth-order valence-electron chi connectivity index (χ4n) is 3.57. The second-order valence-corrected chi connectivity index (χ2v) is 6.85. The molecule has 8 nitrogen and oxygen atoms in total. The van der Waals surface area contributed by atoms with Crippen molar-refractivity contribution >= 4 is 28.3 Å². The minimum absolute atomic E-state index is 0.277. The molecule has 1 saturated heterocycles. The number of piperazine rings is 1. The van der Waals surface area contributed by atoms with Gasteiger partial charge in [-0.25, -0.2) is 4.68 Å². The van der Waals surface area contributed by atoms with Gasteiger partial charge in [0, 0.05) is 44.0 Å². The predicted molar refractivity (Wildman–Crippen MR) is 111 cm³/mol. The van der Waals surface area contributed by atoms with E-state index in [2.05, 4.69) is 25.6 Å². The van der Waals surface area contributed by atoms with E-state index in [0.29, 0.717) is 11.4 Å². The van der Waals surface area contributed by atoms with Crippen LogP contribution in [0.15, 0.2) is 65.7 Å². The molecule has 0 spiro atoms. The smallest absolute Gasteiger partial charge is 0.276 e. The fourth-order valence-corrected chi connectivity index (χ4v) is 3.57. The molecule has 29 heavy (non-hydrogen) atoms. The summed E-state index contributed by atoms with van der Waals surface area (Å²) >= 11 is 0. The Morgan fingerprint density at radius 1 is 1.10 bits per heavy atom. The first kappa shape index (κ1) is 17.4. The van der Waals surface area contributed by atoms with Gasteiger partial charge in [-0.2, -0.15) is 5.10 Å². The summed E-state index contributed by atoms with van der Waals surface area (Å²) in [5.74, 6) is -0.277. The molecule has 0 aliphatic carbocycles. The summed E-state index contributed by atoms with van der Waals surface area (Å²) < 4.78 is 7.23. The third kappa shape index (κ3) is 3.34. The largest absolute Gasteiger partial charge is 0.462 e. The number of carbonyl (C=O) groups excluding carboxylic acids is 1. The normalized spacial score (nSPS) is 14.3. The maximum atomic E-state index is 12.8. The SMILES string of the molecule is O=C(Nc1cnccc1N1CCNCC1)c1ccn(-c2coc3ccccc23)n1. The maximum Gasteiger partial charge on any atom is 0.276 e. The second kappa shape index (κ2) is 7.40. The number of anilines is 2. The second-order valence-electron chi connectivity index (χ2n) is 6.85. The van der Waals surface area contributed by atoms with Crippen LogP contribution in [0.3, 0.4) is 0 Å². The van der Waals surface area contributed by atoms with E-state index in [4.69, 9.17) is 4.42 Å². The minimum Gasteiger partial charge on any atom is -0.462 e. The van der Waals surface area contributed by atoms with Gasteiger partial charge >= 0.3 is 0 Å². The van der Waals surface area contributed by atoms with Crippen LogP contribution in [0.4, 0.5) is 11.4 Å². The molecule has 4 heterocycles. The number of fused-ring (bicyclic) bond motifs is 1. The van der Waals surface area contributed by atoms with E-state index in [0.717, 1.165) is 48.5 Å². The van der Waals surface area contributed by atoms with Gasteiger partial charge in [0.05, 0.1) is 17.6 Å². The van der Waals surface area contributed by atoms with E-state index in [9.17, 15) is 4.79 Å². The van der Waals surface area contributed by atoms with Crippen LogP contribution < -0.4 is 15.5 Å². The van der Waals surface area contributed by atoms with E-state index < -0.39 is 0 Å². The molecule has 0 atom stereocenters. The summed E-state index contributed by atoms with van der Waals surface area (Å²) in [5, 5.41) is 11.7. The molecular formula is C21H20N6O2. The number of aromatic nitrogens is 3. The molecule has 2 N–H and O–H groups in total. The average molecular weight is 388 g/mol. The number of nitrogens with one attached hydrogen (secondary N) is 2. The van der Waals surface area contributed by atoms with Crippen molar-refractivity contribution in [3.8, 4) is 5.69 Å². The van der Waals surface area contributed by atoms with Crippen LogP contribution in [0.25, 0.3) is 16.7 Å². The monoisotopic (exact) mass is 388 g/mol. The number of benzene rings is 1. The summed E-state index contributed by atoms with van der Waals surface area (Å²) in [7, 11) is 0. The lowest BCUT2D eigenvalue weighted by atomic mass is 10.2. The molecule has 0 saturated carbocycles. The zero-order valence-corrected chi connectivity index (χ0v) is 15.7. The Labute approximate surface area is 167 Å².